The second kappa shape index (κ2) is 5.06. The van der Waals surface area contributed by atoms with Crippen LogP contribution in [0.5, 0.6) is 0 Å². The third-order valence-corrected chi connectivity index (χ3v) is 3.80. The van der Waals surface area contributed by atoms with Gasteiger partial charge in [-0.2, -0.15) is 11.8 Å². The maximum absolute atomic E-state index is 12.3. The number of aromatic nitrogens is 2. The van der Waals surface area contributed by atoms with Crippen LogP contribution in [0.2, 0.25) is 0 Å². The molecule has 5 heteroatoms. The molecule has 0 aliphatic carbocycles. The van der Waals surface area contributed by atoms with Crippen molar-refractivity contribution in [2.75, 3.05) is 12.0 Å². The maximum atomic E-state index is 12.3. The third-order valence-electron chi connectivity index (χ3n) is 2.69. The Bertz CT molecular complexity index is 645. The molecule has 1 unspecified atom stereocenters. The summed E-state index contributed by atoms with van der Waals surface area (Å²) >= 11 is 6.96. The van der Waals surface area contributed by atoms with Crippen LogP contribution in [0.25, 0.3) is 10.9 Å². The highest BCUT2D eigenvalue weighted by Gasteiger charge is 2.10. The van der Waals surface area contributed by atoms with Gasteiger partial charge in [0.1, 0.15) is 0 Å². The van der Waals surface area contributed by atoms with Crippen LogP contribution in [0.4, 0.5) is 0 Å². The number of thioether (sulfide) groups is 1. The fourth-order valence-corrected chi connectivity index (χ4v) is 2.90. The van der Waals surface area contributed by atoms with E-state index in [0.29, 0.717) is 10.2 Å². The molecule has 0 fully saturated rings. The number of rotatable bonds is 3. The molecule has 90 valence electrons. The van der Waals surface area contributed by atoms with Crippen molar-refractivity contribution in [3.05, 3.63) is 39.4 Å². The van der Waals surface area contributed by atoms with Gasteiger partial charge in [0.25, 0.3) is 5.56 Å². The lowest BCUT2D eigenvalue weighted by molar-refractivity contribution is 0.574. The number of aromatic amines is 1. The van der Waals surface area contributed by atoms with Crippen LogP contribution in [0.15, 0.2) is 29.1 Å². The number of nitrogens with one attached hydrogen (secondary N) is 1. The highest BCUT2D eigenvalue weighted by atomic mass is 32.2. The second-order valence-electron chi connectivity index (χ2n) is 3.96. The van der Waals surface area contributed by atoms with Crippen molar-refractivity contribution in [2.24, 2.45) is 0 Å². The Hall–Kier alpha value is -1.07. The van der Waals surface area contributed by atoms with Gasteiger partial charge < -0.3 is 4.98 Å². The number of hydrogen-bond donors (Lipinski definition) is 1. The lowest BCUT2D eigenvalue weighted by Gasteiger charge is -2.14. The molecule has 1 aromatic carbocycles. The summed E-state index contributed by atoms with van der Waals surface area (Å²) in [6.07, 6.45) is 2.02. The number of hydrogen-bond acceptors (Lipinski definition) is 3. The van der Waals surface area contributed by atoms with E-state index < -0.39 is 0 Å². The van der Waals surface area contributed by atoms with Gasteiger partial charge in [0.2, 0.25) is 0 Å². The van der Waals surface area contributed by atoms with Crippen LogP contribution < -0.4 is 5.56 Å². The van der Waals surface area contributed by atoms with E-state index in [1.54, 1.807) is 16.3 Å². The SMILES string of the molecule is CSCC(C)n1c(=S)[nH]c2ccccc2c1=O. The summed E-state index contributed by atoms with van der Waals surface area (Å²) in [4.78, 5) is 15.4. The average Bonchev–Trinajstić information content (AvgIpc) is 2.29. The van der Waals surface area contributed by atoms with Gasteiger partial charge in [-0.15, -0.1) is 0 Å². The highest BCUT2D eigenvalue weighted by Crippen LogP contribution is 2.12. The summed E-state index contributed by atoms with van der Waals surface area (Å²) in [6, 6.07) is 7.56. The van der Waals surface area contributed by atoms with Gasteiger partial charge in [0, 0.05) is 11.8 Å². The first-order valence-corrected chi connectivity index (χ1v) is 7.18. The minimum atomic E-state index is -0.00843. The molecular formula is C12H14N2OS2. The molecule has 0 radical (unpaired) electrons. The van der Waals surface area contributed by atoms with Crippen molar-refractivity contribution in [3.63, 3.8) is 0 Å². The molecule has 0 saturated heterocycles. The molecule has 1 atom stereocenters. The zero-order valence-corrected chi connectivity index (χ0v) is 11.4. The average molecular weight is 266 g/mol. The van der Waals surface area contributed by atoms with Gasteiger partial charge in [-0.05, 0) is 37.5 Å². The summed E-state index contributed by atoms with van der Waals surface area (Å²) in [7, 11) is 0. The quantitative estimate of drug-likeness (QED) is 0.868. The van der Waals surface area contributed by atoms with Gasteiger partial charge in [-0.25, -0.2) is 0 Å². The number of para-hydroxylation sites is 1. The highest BCUT2D eigenvalue weighted by molar-refractivity contribution is 7.98. The maximum Gasteiger partial charge on any atom is 0.262 e. The Kier molecular flexibility index (Phi) is 3.69. The fourth-order valence-electron chi connectivity index (χ4n) is 1.89. The largest absolute Gasteiger partial charge is 0.332 e. The smallest absolute Gasteiger partial charge is 0.262 e. The minimum Gasteiger partial charge on any atom is -0.332 e. The van der Waals surface area contributed by atoms with E-state index in [-0.39, 0.29) is 11.6 Å². The lowest BCUT2D eigenvalue weighted by atomic mass is 10.2. The molecule has 1 N–H and O–H groups in total. The Balaban J connectivity index is 2.72. The number of nitrogens with zero attached hydrogens (tertiary/aromatic N) is 1. The molecular weight excluding hydrogens is 252 g/mol. The first-order chi connectivity index (χ1) is 8.15. The van der Waals surface area contributed by atoms with Crippen LogP contribution in [0.1, 0.15) is 13.0 Å². The zero-order chi connectivity index (χ0) is 12.4. The summed E-state index contributed by atoms with van der Waals surface area (Å²) in [5.74, 6) is 0.871. The first kappa shape index (κ1) is 12.4. The minimum absolute atomic E-state index is 0.00843. The van der Waals surface area contributed by atoms with Crippen molar-refractivity contribution in [2.45, 2.75) is 13.0 Å². The number of benzene rings is 1. The van der Waals surface area contributed by atoms with E-state index in [0.717, 1.165) is 11.3 Å². The van der Waals surface area contributed by atoms with Crippen molar-refractivity contribution in [1.29, 1.82) is 0 Å². The number of H-pyrrole nitrogens is 1. The standard InChI is InChI=1S/C12H14N2OS2/c1-8(7-17-2)14-11(15)9-5-3-4-6-10(9)13-12(14)16/h3-6,8H,7H2,1-2H3,(H,13,16). The third kappa shape index (κ3) is 2.30. The molecule has 0 bridgehead atoms. The van der Waals surface area contributed by atoms with E-state index >= 15 is 0 Å². The van der Waals surface area contributed by atoms with E-state index in [2.05, 4.69) is 4.98 Å². The Morgan fingerprint density at radius 3 is 2.88 bits per heavy atom. The van der Waals surface area contributed by atoms with Gasteiger partial charge in [-0.3, -0.25) is 9.36 Å². The van der Waals surface area contributed by atoms with E-state index in [1.807, 2.05) is 37.4 Å². The number of fused-ring (bicyclic) bond motifs is 1. The molecule has 0 aliphatic rings. The Morgan fingerprint density at radius 2 is 2.18 bits per heavy atom. The second-order valence-corrected chi connectivity index (χ2v) is 5.25. The predicted molar refractivity (Wildman–Crippen MR) is 76.5 cm³/mol. The summed E-state index contributed by atoms with van der Waals surface area (Å²) in [6.45, 7) is 2.01. The normalized spacial score (nSPS) is 12.8. The molecule has 0 amide bonds. The molecule has 0 spiro atoms. The van der Waals surface area contributed by atoms with Crippen LogP contribution in [-0.2, 0) is 0 Å². The summed E-state index contributed by atoms with van der Waals surface area (Å²) in [5, 5.41) is 0.689. The fraction of sp³-hybridized carbons (Fsp3) is 0.333. The molecule has 0 aliphatic heterocycles. The molecule has 3 nitrogen and oxygen atoms in total. The lowest BCUT2D eigenvalue weighted by Crippen LogP contribution is -2.26. The van der Waals surface area contributed by atoms with Crippen LogP contribution in [0.3, 0.4) is 0 Å². The van der Waals surface area contributed by atoms with E-state index in [9.17, 15) is 4.79 Å². The summed E-state index contributed by atoms with van der Waals surface area (Å²) < 4.78 is 2.16. The summed E-state index contributed by atoms with van der Waals surface area (Å²) in [5.41, 5.74) is 0.793. The topological polar surface area (TPSA) is 37.8 Å². The van der Waals surface area contributed by atoms with Gasteiger partial charge >= 0.3 is 0 Å². The van der Waals surface area contributed by atoms with Gasteiger partial charge in [0.15, 0.2) is 4.77 Å². The van der Waals surface area contributed by atoms with Crippen LogP contribution in [-0.4, -0.2) is 21.6 Å². The van der Waals surface area contributed by atoms with Crippen LogP contribution in [0, 0.1) is 4.77 Å². The van der Waals surface area contributed by atoms with E-state index in [4.69, 9.17) is 12.2 Å². The van der Waals surface area contributed by atoms with Gasteiger partial charge in [0.05, 0.1) is 10.9 Å². The molecule has 1 heterocycles. The predicted octanol–water partition coefficient (Wildman–Crippen LogP) is 2.98. The zero-order valence-electron chi connectivity index (χ0n) is 9.77. The first-order valence-electron chi connectivity index (χ1n) is 5.37. The van der Waals surface area contributed by atoms with Crippen molar-refractivity contribution >= 4 is 34.9 Å². The molecule has 17 heavy (non-hydrogen) atoms. The molecule has 2 aromatic rings. The molecule has 1 aromatic heterocycles. The monoisotopic (exact) mass is 266 g/mol. The molecule has 0 saturated carbocycles. The Morgan fingerprint density at radius 1 is 1.47 bits per heavy atom. The van der Waals surface area contributed by atoms with Crippen molar-refractivity contribution in [1.82, 2.24) is 9.55 Å². The van der Waals surface area contributed by atoms with E-state index in [1.165, 1.54) is 0 Å². The molecule has 2 rings (SSSR count). The Labute approximate surface area is 109 Å². The van der Waals surface area contributed by atoms with Crippen LogP contribution >= 0.6 is 24.0 Å². The van der Waals surface area contributed by atoms with Gasteiger partial charge in [-0.1, -0.05) is 12.1 Å². The van der Waals surface area contributed by atoms with Crippen molar-refractivity contribution < 1.29 is 0 Å². The van der Waals surface area contributed by atoms with Crippen molar-refractivity contribution in [3.8, 4) is 0 Å².